The summed E-state index contributed by atoms with van der Waals surface area (Å²) in [6, 6.07) is 7.41. The number of pyridine rings is 1. The Morgan fingerprint density at radius 3 is 2.54 bits per heavy atom. The molecule has 6 nitrogen and oxygen atoms in total. The zero-order valence-electron chi connectivity index (χ0n) is 13.9. The van der Waals surface area contributed by atoms with E-state index < -0.39 is 24.2 Å². The van der Waals surface area contributed by atoms with E-state index in [1.165, 1.54) is 24.3 Å². The number of nitrogens with two attached hydrogens (primary N) is 1. The molecule has 9 heteroatoms. The summed E-state index contributed by atoms with van der Waals surface area (Å²) in [7, 11) is 0. The van der Waals surface area contributed by atoms with E-state index in [2.05, 4.69) is 15.0 Å². The Morgan fingerprint density at radius 1 is 1.23 bits per heavy atom. The summed E-state index contributed by atoms with van der Waals surface area (Å²) in [6.45, 7) is 3.21. The van der Waals surface area contributed by atoms with Crippen molar-refractivity contribution in [1.82, 2.24) is 10.3 Å². The van der Waals surface area contributed by atoms with Crippen molar-refractivity contribution in [3.8, 4) is 5.75 Å². The van der Waals surface area contributed by atoms with Gasteiger partial charge >= 0.3 is 6.36 Å². The lowest BCUT2D eigenvalue weighted by atomic mass is 10.1. The fourth-order valence-electron chi connectivity index (χ4n) is 2.27. The smallest absolute Gasteiger partial charge is 0.406 e. The Hall–Kier alpha value is -3.10. The van der Waals surface area contributed by atoms with E-state index in [-0.39, 0.29) is 17.0 Å². The highest BCUT2D eigenvalue weighted by atomic mass is 19.4. The number of alkyl halides is 3. The number of hydrogen-bond donors (Lipinski definition) is 2. The van der Waals surface area contributed by atoms with Crippen LogP contribution < -0.4 is 15.8 Å². The third kappa shape index (κ3) is 5.20. The lowest BCUT2D eigenvalue weighted by Gasteiger charge is -2.16. The number of aryl methyl sites for hydroxylation is 1. The number of primary amides is 1. The Kier molecular flexibility index (Phi) is 5.49. The summed E-state index contributed by atoms with van der Waals surface area (Å²) in [4.78, 5) is 27.5. The molecular weight excluding hydrogens is 351 g/mol. The number of aromatic nitrogens is 1. The van der Waals surface area contributed by atoms with Crippen molar-refractivity contribution >= 4 is 11.8 Å². The molecule has 0 radical (unpaired) electrons. The molecular formula is C17H16F3N3O3. The number of rotatable bonds is 5. The first-order valence-electron chi connectivity index (χ1n) is 7.50. The van der Waals surface area contributed by atoms with Gasteiger partial charge in [0, 0.05) is 11.3 Å². The van der Waals surface area contributed by atoms with Crippen molar-refractivity contribution in [2.75, 3.05) is 0 Å². The van der Waals surface area contributed by atoms with Gasteiger partial charge in [0.05, 0.1) is 6.04 Å². The van der Waals surface area contributed by atoms with Crippen LogP contribution in [0.3, 0.4) is 0 Å². The quantitative estimate of drug-likeness (QED) is 0.850. The van der Waals surface area contributed by atoms with Crippen molar-refractivity contribution in [2.45, 2.75) is 26.3 Å². The highest BCUT2D eigenvalue weighted by Crippen LogP contribution is 2.25. The van der Waals surface area contributed by atoms with Crippen LogP contribution in [0.25, 0.3) is 0 Å². The molecule has 0 aliphatic heterocycles. The van der Waals surface area contributed by atoms with Crippen LogP contribution in [0.5, 0.6) is 5.75 Å². The number of amides is 2. The summed E-state index contributed by atoms with van der Waals surface area (Å²) in [5.74, 6) is -1.67. The monoisotopic (exact) mass is 367 g/mol. The van der Waals surface area contributed by atoms with Gasteiger partial charge in [-0.1, -0.05) is 12.1 Å². The molecule has 1 heterocycles. The molecule has 138 valence electrons. The molecule has 1 unspecified atom stereocenters. The van der Waals surface area contributed by atoms with E-state index in [9.17, 15) is 22.8 Å². The van der Waals surface area contributed by atoms with Gasteiger partial charge in [0.1, 0.15) is 11.4 Å². The lowest BCUT2D eigenvalue weighted by molar-refractivity contribution is -0.274. The molecule has 0 saturated heterocycles. The van der Waals surface area contributed by atoms with E-state index in [4.69, 9.17) is 5.73 Å². The van der Waals surface area contributed by atoms with Gasteiger partial charge in [-0.05, 0) is 43.7 Å². The van der Waals surface area contributed by atoms with Gasteiger partial charge in [-0.2, -0.15) is 0 Å². The Morgan fingerprint density at radius 2 is 1.92 bits per heavy atom. The summed E-state index contributed by atoms with van der Waals surface area (Å²) in [5.41, 5.74) is 6.13. The predicted molar refractivity (Wildman–Crippen MR) is 86.5 cm³/mol. The number of carbonyl (C=O) groups excluding carboxylic acids is 2. The Labute approximate surface area is 147 Å². The molecule has 0 fully saturated rings. The SMILES string of the molecule is Cc1cc(C(=O)NC(C)c2cccc(OC(F)(F)F)c2)cc(C(N)=O)n1. The van der Waals surface area contributed by atoms with Gasteiger partial charge in [-0.25, -0.2) is 4.98 Å². The first-order valence-corrected chi connectivity index (χ1v) is 7.50. The average Bonchev–Trinajstić information content (AvgIpc) is 2.52. The van der Waals surface area contributed by atoms with E-state index in [1.807, 2.05) is 0 Å². The van der Waals surface area contributed by atoms with Crippen LogP contribution in [0.1, 0.15) is 45.1 Å². The molecule has 1 aromatic heterocycles. The number of carbonyl (C=O) groups is 2. The highest BCUT2D eigenvalue weighted by molar-refractivity contribution is 5.98. The maximum atomic E-state index is 12.4. The molecule has 1 aromatic carbocycles. The van der Waals surface area contributed by atoms with Gasteiger partial charge in [0.15, 0.2) is 0 Å². The molecule has 0 spiro atoms. The Bertz CT molecular complexity index is 837. The maximum absolute atomic E-state index is 12.4. The second kappa shape index (κ2) is 7.42. The summed E-state index contributed by atoms with van der Waals surface area (Å²) >= 11 is 0. The predicted octanol–water partition coefficient (Wildman–Crippen LogP) is 2.88. The van der Waals surface area contributed by atoms with Crippen LogP contribution in [0, 0.1) is 6.92 Å². The van der Waals surface area contributed by atoms with E-state index in [0.29, 0.717) is 11.3 Å². The molecule has 0 bridgehead atoms. The summed E-state index contributed by atoms with van der Waals surface area (Å²) in [5, 5.41) is 2.64. The van der Waals surface area contributed by atoms with E-state index in [0.717, 1.165) is 6.07 Å². The highest BCUT2D eigenvalue weighted by Gasteiger charge is 2.31. The summed E-state index contributed by atoms with van der Waals surface area (Å²) in [6.07, 6.45) is -4.80. The number of ether oxygens (including phenoxy) is 1. The largest absolute Gasteiger partial charge is 0.573 e. The van der Waals surface area contributed by atoms with Gasteiger partial charge in [-0.3, -0.25) is 9.59 Å². The van der Waals surface area contributed by atoms with Crippen molar-refractivity contribution in [3.63, 3.8) is 0 Å². The van der Waals surface area contributed by atoms with Crippen molar-refractivity contribution < 1.29 is 27.5 Å². The first-order chi connectivity index (χ1) is 12.0. The molecule has 0 aliphatic carbocycles. The number of nitrogens with zero attached hydrogens (tertiary/aromatic N) is 1. The molecule has 0 aliphatic rings. The summed E-state index contributed by atoms with van der Waals surface area (Å²) < 4.78 is 40.8. The minimum atomic E-state index is -4.80. The molecule has 0 saturated carbocycles. The fraction of sp³-hybridized carbons (Fsp3) is 0.235. The number of nitrogens with one attached hydrogen (secondary N) is 1. The molecule has 26 heavy (non-hydrogen) atoms. The molecule has 2 amide bonds. The van der Waals surface area contributed by atoms with Crippen molar-refractivity contribution in [3.05, 3.63) is 58.9 Å². The van der Waals surface area contributed by atoms with Crippen LogP contribution in [-0.2, 0) is 0 Å². The van der Waals surface area contributed by atoms with Crippen LogP contribution in [0.15, 0.2) is 36.4 Å². The van der Waals surface area contributed by atoms with Crippen molar-refractivity contribution in [2.24, 2.45) is 5.73 Å². The van der Waals surface area contributed by atoms with Gasteiger partial charge < -0.3 is 15.8 Å². The fourth-order valence-corrected chi connectivity index (χ4v) is 2.27. The maximum Gasteiger partial charge on any atom is 0.573 e. The average molecular weight is 367 g/mol. The molecule has 2 aromatic rings. The number of halogens is 3. The molecule has 3 N–H and O–H groups in total. The van der Waals surface area contributed by atoms with E-state index in [1.54, 1.807) is 19.9 Å². The normalized spacial score (nSPS) is 12.3. The lowest BCUT2D eigenvalue weighted by Crippen LogP contribution is -2.27. The van der Waals surface area contributed by atoms with Gasteiger partial charge in [-0.15, -0.1) is 13.2 Å². The minimum Gasteiger partial charge on any atom is -0.406 e. The standard InChI is InChI=1S/C17H16F3N3O3/c1-9-6-12(8-14(22-9)15(21)24)16(25)23-10(2)11-4-3-5-13(7-11)26-17(18,19)20/h3-8,10H,1-2H3,(H2,21,24)(H,23,25). The third-order valence-electron chi connectivity index (χ3n) is 3.41. The second-order valence-electron chi connectivity index (χ2n) is 5.56. The van der Waals surface area contributed by atoms with Crippen LogP contribution in [0.2, 0.25) is 0 Å². The first kappa shape index (κ1) is 19.2. The minimum absolute atomic E-state index is 0.0524. The molecule has 1 atom stereocenters. The van der Waals surface area contributed by atoms with Crippen molar-refractivity contribution in [1.29, 1.82) is 0 Å². The third-order valence-corrected chi connectivity index (χ3v) is 3.41. The van der Waals surface area contributed by atoms with Crippen LogP contribution in [0.4, 0.5) is 13.2 Å². The number of hydrogen-bond acceptors (Lipinski definition) is 4. The van der Waals surface area contributed by atoms with Crippen LogP contribution >= 0.6 is 0 Å². The molecule has 2 rings (SSSR count). The van der Waals surface area contributed by atoms with E-state index >= 15 is 0 Å². The number of benzene rings is 1. The topological polar surface area (TPSA) is 94.3 Å². The second-order valence-corrected chi connectivity index (χ2v) is 5.56. The van der Waals surface area contributed by atoms with Gasteiger partial charge in [0.2, 0.25) is 0 Å². The zero-order chi connectivity index (χ0) is 19.5. The zero-order valence-corrected chi connectivity index (χ0v) is 13.9. The Balaban J connectivity index is 2.17. The van der Waals surface area contributed by atoms with Gasteiger partial charge in [0.25, 0.3) is 11.8 Å². The van der Waals surface area contributed by atoms with Crippen LogP contribution in [-0.4, -0.2) is 23.2 Å².